The molecule has 1 aromatic rings. The molecule has 0 amide bonds. The van der Waals surface area contributed by atoms with E-state index in [0.717, 1.165) is 31.1 Å². The molecular weight excluding hydrogens is 202 g/mol. The molecule has 4 heteroatoms. The van der Waals surface area contributed by atoms with Gasteiger partial charge < -0.3 is 15.2 Å². The van der Waals surface area contributed by atoms with E-state index in [2.05, 4.69) is 36.6 Å². The van der Waals surface area contributed by atoms with E-state index >= 15 is 0 Å². The average molecular weight is 225 g/mol. The van der Waals surface area contributed by atoms with Gasteiger partial charge in [-0.2, -0.15) is 0 Å². The van der Waals surface area contributed by atoms with Crippen molar-refractivity contribution in [3.05, 3.63) is 17.5 Å². The van der Waals surface area contributed by atoms with Crippen LogP contribution >= 0.6 is 0 Å². The molecule has 1 rings (SSSR count). The van der Waals surface area contributed by atoms with E-state index in [1.807, 2.05) is 13.0 Å². The molecule has 0 saturated heterocycles. The van der Waals surface area contributed by atoms with Crippen molar-refractivity contribution in [2.45, 2.75) is 40.3 Å². The summed E-state index contributed by atoms with van der Waals surface area (Å²) in [5.41, 5.74) is 0.966. The minimum atomic E-state index is 0.441. The van der Waals surface area contributed by atoms with Crippen LogP contribution in [0.25, 0.3) is 0 Å². The predicted molar refractivity (Wildman–Crippen MR) is 65.2 cm³/mol. The Bertz CT molecular complexity index is 296. The minimum Gasteiger partial charge on any atom is -0.361 e. The first kappa shape index (κ1) is 13.2. The normalized spacial score (nSPS) is 13.3. The molecule has 0 aliphatic heterocycles. The molecule has 2 N–H and O–H groups in total. The van der Waals surface area contributed by atoms with Gasteiger partial charge in [-0.1, -0.05) is 19.0 Å². The van der Waals surface area contributed by atoms with Crippen molar-refractivity contribution in [2.75, 3.05) is 13.1 Å². The molecule has 1 atom stereocenters. The Morgan fingerprint density at radius 2 is 2.06 bits per heavy atom. The highest BCUT2D eigenvalue weighted by molar-refractivity contribution is 5.03. The molecule has 0 aromatic carbocycles. The van der Waals surface area contributed by atoms with Gasteiger partial charge in [0.05, 0.1) is 5.69 Å². The van der Waals surface area contributed by atoms with Gasteiger partial charge in [-0.15, -0.1) is 0 Å². The summed E-state index contributed by atoms with van der Waals surface area (Å²) in [4.78, 5) is 0. The summed E-state index contributed by atoms with van der Waals surface area (Å²) in [5.74, 6) is 1.56. The van der Waals surface area contributed by atoms with Crippen molar-refractivity contribution in [2.24, 2.45) is 5.92 Å². The highest BCUT2D eigenvalue weighted by Gasteiger charge is 2.04. The van der Waals surface area contributed by atoms with Crippen LogP contribution in [-0.2, 0) is 6.54 Å². The predicted octanol–water partition coefficient (Wildman–Crippen LogP) is 1.71. The lowest BCUT2D eigenvalue weighted by molar-refractivity contribution is 0.384. The van der Waals surface area contributed by atoms with E-state index in [4.69, 9.17) is 4.52 Å². The van der Waals surface area contributed by atoms with Crippen molar-refractivity contribution in [3.8, 4) is 0 Å². The third-order valence-electron chi connectivity index (χ3n) is 2.31. The molecule has 0 bridgehead atoms. The smallest absolute Gasteiger partial charge is 0.133 e. The van der Waals surface area contributed by atoms with Crippen LogP contribution in [0.3, 0.4) is 0 Å². The van der Waals surface area contributed by atoms with Gasteiger partial charge in [0.25, 0.3) is 0 Å². The van der Waals surface area contributed by atoms with E-state index in [-0.39, 0.29) is 0 Å². The van der Waals surface area contributed by atoms with Crippen LogP contribution in [-0.4, -0.2) is 24.3 Å². The van der Waals surface area contributed by atoms with Crippen molar-refractivity contribution in [1.82, 2.24) is 15.8 Å². The summed E-state index contributed by atoms with van der Waals surface area (Å²) in [6.45, 7) is 11.3. The molecule has 1 aromatic heterocycles. The van der Waals surface area contributed by atoms with Gasteiger partial charge in [-0.3, -0.25) is 0 Å². The molecule has 0 aliphatic rings. The number of aromatic nitrogens is 1. The van der Waals surface area contributed by atoms with Gasteiger partial charge in [0, 0.05) is 25.2 Å². The fourth-order valence-corrected chi connectivity index (χ4v) is 1.44. The zero-order valence-electron chi connectivity index (χ0n) is 10.7. The molecule has 0 saturated carbocycles. The van der Waals surface area contributed by atoms with Crippen LogP contribution in [0.5, 0.6) is 0 Å². The van der Waals surface area contributed by atoms with Crippen molar-refractivity contribution < 1.29 is 4.52 Å². The van der Waals surface area contributed by atoms with Crippen LogP contribution < -0.4 is 10.6 Å². The molecule has 0 radical (unpaired) electrons. The topological polar surface area (TPSA) is 50.1 Å². The first-order valence-electron chi connectivity index (χ1n) is 5.94. The third kappa shape index (κ3) is 5.28. The first-order valence-corrected chi connectivity index (χ1v) is 5.94. The molecule has 0 aliphatic carbocycles. The van der Waals surface area contributed by atoms with E-state index in [1.54, 1.807) is 0 Å². The highest BCUT2D eigenvalue weighted by atomic mass is 16.5. The number of rotatable bonds is 7. The standard InChI is InChI=1S/C12H23N3O/c1-9(2)6-13-7-10(3)14-8-12-5-11(4)16-15-12/h5,9-10,13-14H,6-8H2,1-4H3. The molecule has 16 heavy (non-hydrogen) atoms. The van der Waals surface area contributed by atoms with Gasteiger partial charge in [-0.05, 0) is 26.3 Å². The molecule has 1 unspecified atom stereocenters. The SMILES string of the molecule is Cc1cc(CNC(C)CNCC(C)C)no1. The highest BCUT2D eigenvalue weighted by Crippen LogP contribution is 2.00. The van der Waals surface area contributed by atoms with Crippen molar-refractivity contribution >= 4 is 0 Å². The Morgan fingerprint density at radius 1 is 1.31 bits per heavy atom. The quantitative estimate of drug-likeness (QED) is 0.741. The minimum absolute atomic E-state index is 0.441. The summed E-state index contributed by atoms with van der Waals surface area (Å²) in [6, 6.07) is 2.40. The number of hydrogen-bond acceptors (Lipinski definition) is 4. The summed E-state index contributed by atoms with van der Waals surface area (Å²) >= 11 is 0. The largest absolute Gasteiger partial charge is 0.361 e. The number of aryl methyl sites for hydroxylation is 1. The van der Waals surface area contributed by atoms with Crippen LogP contribution in [0.2, 0.25) is 0 Å². The Hall–Kier alpha value is -0.870. The van der Waals surface area contributed by atoms with Crippen molar-refractivity contribution in [1.29, 1.82) is 0 Å². The zero-order chi connectivity index (χ0) is 12.0. The fourth-order valence-electron chi connectivity index (χ4n) is 1.44. The maximum absolute atomic E-state index is 5.00. The van der Waals surface area contributed by atoms with Crippen LogP contribution in [0.15, 0.2) is 10.6 Å². The number of hydrogen-bond donors (Lipinski definition) is 2. The molecule has 1 heterocycles. The number of nitrogens with zero attached hydrogens (tertiary/aromatic N) is 1. The lowest BCUT2D eigenvalue weighted by atomic mass is 10.2. The monoisotopic (exact) mass is 225 g/mol. The molecule has 0 spiro atoms. The number of nitrogens with one attached hydrogen (secondary N) is 2. The summed E-state index contributed by atoms with van der Waals surface area (Å²) in [7, 11) is 0. The van der Waals surface area contributed by atoms with Crippen LogP contribution in [0.4, 0.5) is 0 Å². The van der Waals surface area contributed by atoms with E-state index in [0.29, 0.717) is 12.0 Å². The van der Waals surface area contributed by atoms with Gasteiger partial charge in [-0.25, -0.2) is 0 Å². The second-order valence-corrected chi connectivity index (χ2v) is 4.76. The van der Waals surface area contributed by atoms with Gasteiger partial charge >= 0.3 is 0 Å². The summed E-state index contributed by atoms with van der Waals surface area (Å²) in [6.07, 6.45) is 0. The Kier molecular flexibility index (Phi) is 5.49. The third-order valence-corrected chi connectivity index (χ3v) is 2.31. The maximum Gasteiger partial charge on any atom is 0.133 e. The summed E-state index contributed by atoms with van der Waals surface area (Å²) in [5, 5.41) is 10.8. The molecule has 4 nitrogen and oxygen atoms in total. The summed E-state index contributed by atoms with van der Waals surface area (Å²) < 4.78 is 5.00. The fraction of sp³-hybridized carbons (Fsp3) is 0.750. The second-order valence-electron chi connectivity index (χ2n) is 4.76. The Labute approximate surface area is 97.8 Å². The first-order chi connectivity index (χ1) is 7.58. The van der Waals surface area contributed by atoms with Gasteiger partial charge in [0.1, 0.15) is 5.76 Å². The maximum atomic E-state index is 5.00. The zero-order valence-corrected chi connectivity index (χ0v) is 10.7. The van der Waals surface area contributed by atoms with Crippen LogP contribution in [0, 0.1) is 12.8 Å². The lowest BCUT2D eigenvalue weighted by Gasteiger charge is -2.14. The lowest BCUT2D eigenvalue weighted by Crippen LogP contribution is -2.37. The van der Waals surface area contributed by atoms with E-state index in [1.165, 1.54) is 0 Å². The van der Waals surface area contributed by atoms with E-state index < -0.39 is 0 Å². The Morgan fingerprint density at radius 3 is 2.62 bits per heavy atom. The Balaban J connectivity index is 2.12. The average Bonchev–Trinajstić information content (AvgIpc) is 2.61. The van der Waals surface area contributed by atoms with Crippen molar-refractivity contribution in [3.63, 3.8) is 0 Å². The van der Waals surface area contributed by atoms with Gasteiger partial charge in [0.15, 0.2) is 0 Å². The molecular formula is C12H23N3O. The molecule has 0 fully saturated rings. The van der Waals surface area contributed by atoms with Crippen LogP contribution in [0.1, 0.15) is 32.2 Å². The van der Waals surface area contributed by atoms with E-state index in [9.17, 15) is 0 Å². The molecule has 92 valence electrons. The second kappa shape index (κ2) is 6.66. The van der Waals surface area contributed by atoms with Gasteiger partial charge in [0.2, 0.25) is 0 Å².